The Kier molecular flexibility index (Phi) is 3.61. The summed E-state index contributed by atoms with van der Waals surface area (Å²) in [4.78, 5) is 16.0. The van der Waals surface area contributed by atoms with Crippen molar-refractivity contribution >= 4 is 23.2 Å². The number of benzene rings is 1. The maximum Gasteiger partial charge on any atom is 0.223 e. The fourth-order valence-corrected chi connectivity index (χ4v) is 3.45. The zero-order valence-electron chi connectivity index (χ0n) is 11.7. The Morgan fingerprint density at radius 2 is 2.20 bits per heavy atom. The third kappa shape index (κ3) is 2.38. The maximum absolute atomic E-state index is 11.7. The van der Waals surface area contributed by atoms with Gasteiger partial charge in [-0.15, -0.1) is 0 Å². The molecular formula is C15H20ClN3O. The second-order valence-electron chi connectivity index (χ2n) is 5.73. The number of piperazine rings is 1. The fraction of sp³-hybridized carbons (Fsp3) is 0.533. The van der Waals surface area contributed by atoms with Crippen molar-refractivity contribution in [1.82, 2.24) is 4.90 Å². The first-order valence-corrected chi connectivity index (χ1v) is 7.53. The third-order valence-corrected chi connectivity index (χ3v) is 4.64. The van der Waals surface area contributed by atoms with E-state index >= 15 is 0 Å². The molecule has 2 N–H and O–H groups in total. The Morgan fingerprint density at radius 3 is 2.90 bits per heavy atom. The Balaban J connectivity index is 1.79. The Bertz CT molecular complexity index is 532. The van der Waals surface area contributed by atoms with E-state index in [9.17, 15) is 4.79 Å². The van der Waals surface area contributed by atoms with Crippen LogP contribution in [0.2, 0.25) is 5.02 Å². The molecule has 2 saturated heterocycles. The quantitative estimate of drug-likeness (QED) is 0.909. The van der Waals surface area contributed by atoms with Crippen LogP contribution < -0.4 is 10.6 Å². The molecule has 20 heavy (non-hydrogen) atoms. The van der Waals surface area contributed by atoms with E-state index in [-0.39, 0.29) is 6.04 Å². The SMILES string of the molecule is C[C@@H](N)c1ccc(N2CCN3C(=O)CCC3C2)c(Cl)c1. The second kappa shape index (κ2) is 5.26. The highest BCUT2D eigenvalue weighted by Gasteiger charge is 2.35. The molecule has 2 aliphatic rings. The number of halogens is 1. The topological polar surface area (TPSA) is 49.6 Å². The van der Waals surface area contributed by atoms with Crippen molar-refractivity contribution in [3.05, 3.63) is 28.8 Å². The van der Waals surface area contributed by atoms with Crippen LogP contribution in [0.4, 0.5) is 5.69 Å². The lowest BCUT2D eigenvalue weighted by Gasteiger charge is -2.39. The number of carbonyl (C=O) groups is 1. The van der Waals surface area contributed by atoms with Crippen LogP contribution in [0, 0.1) is 0 Å². The molecule has 0 spiro atoms. The van der Waals surface area contributed by atoms with Crippen molar-refractivity contribution < 1.29 is 4.79 Å². The van der Waals surface area contributed by atoms with Gasteiger partial charge in [0, 0.05) is 38.1 Å². The number of nitrogens with two attached hydrogens (primary N) is 1. The second-order valence-corrected chi connectivity index (χ2v) is 6.13. The number of amides is 1. The van der Waals surface area contributed by atoms with E-state index < -0.39 is 0 Å². The van der Waals surface area contributed by atoms with Gasteiger partial charge in [0.25, 0.3) is 0 Å². The van der Waals surface area contributed by atoms with E-state index in [1.165, 1.54) is 0 Å². The van der Waals surface area contributed by atoms with Gasteiger partial charge in [0.05, 0.1) is 10.7 Å². The molecule has 4 nitrogen and oxygen atoms in total. The van der Waals surface area contributed by atoms with Crippen molar-refractivity contribution in [2.75, 3.05) is 24.5 Å². The van der Waals surface area contributed by atoms with Crippen molar-refractivity contribution in [3.8, 4) is 0 Å². The minimum Gasteiger partial charge on any atom is -0.366 e. The lowest BCUT2D eigenvalue weighted by Crippen LogP contribution is -2.51. The van der Waals surface area contributed by atoms with Gasteiger partial charge in [-0.3, -0.25) is 4.79 Å². The summed E-state index contributed by atoms with van der Waals surface area (Å²) in [5.41, 5.74) is 7.98. The number of nitrogens with zero attached hydrogens (tertiary/aromatic N) is 2. The molecule has 1 unspecified atom stereocenters. The highest BCUT2D eigenvalue weighted by molar-refractivity contribution is 6.33. The van der Waals surface area contributed by atoms with Gasteiger partial charge in [0.1, 0.15) is 0 Å². The first kappa shape index (κ1) is 13.7. The van der Waals surface area contributed by atoms with Crippen LogP contribution in [0.3, 0.4) is 0 Å². The number of rotatable bonds is 2. The Hall–Kier alpha value is -1.26. The summed E-state index contributed by atoms with van der Waals surface area (Å²) in [6.07, 6.45) is 1.65. The van der Waals surface area contributed by atoms with Crippen LogP contribution in [0.5, 0.6) is 0 Å². The van der Waals surface area contributed by atoms with Crippen molar-refractivity contribution in [1.29, 1.82) is 0 Å². The van der Waals surface area contributed by atoms with E-state index in [0.29, 0.717) is 18.4 Å². The fourth-order valence-electron chi connectivity index (χ4n) is 3.15. The largest absolute Gasteiger partial charge is 0.366 e. The van der Waals surface area contributed by atoms with Gasteiger partial charge < -0.3 is 15.5 Å². The zero-order valence-corrected chi connectivity index (χ0v) is 12.4. The highest BCUT2D eigenvalue weighted by Crippen LogP contribution is 2.32. The molecular weight excluding hydrogens is 274 g/mol. The Morgan fingerprint density at radius 1 is 1.40 bits per heavy atom. The smallest absolute Gasteiger partial charge is 0.223 e. The lowest BCUT2D eigenvalue weighted by atomic mass is 10.1. The number of hydrogen-bond donors (Lipinski definition) is 1. The molecule has 1 aromatic carbocycles. The molecule has 5 heteroatoms. The van der Waals surface area contributed by atoms with E-state index in [0.717, 1.165) is 42.3 Å². The van der Waals surface area contributed by atoms with Gasteiger partial charge in [0.2, 0.25) is 5.91 Å². The molecule has 0 radical (unpaired) electrons. The van der Waals surface area contributed by atoms with Gasteiger partial charge >= 0.3 is 0 Å². The van der Waals surface area contributed by atoms with Gasteiger partial charge in [0.15, 0.2) is 0 Å². The summed E-state index contributed by atoms with van der Waals surface area (Å²) in [7, 11) is 0. The zero-order chi connectivity index (χ0) is 14.3. The van der Waals surface area contributed by atoms with Gasteiger partial charge in [-0.2, -0.15) is 0 Å². The molecule has 1 amide bonds. The molecule has 2 fully saturated rings. The van der Waals surface area contributed by atoms with Crippen LogP contribution in [0.25, 0.3) is 0 Å². The molecule has 0 bridgehead atoms. The minimum absolute atomic E-state index is 0.00847. The number of fused-ring (bicyclic) bond motifs is 1. The lowest BCUT2D eigenvalue weighted by molar-refractivity contribution is -0.129. The minimum atomic E-state index is -0.00847. The van der Waals surface area contributed by atoms with Crippen LogP contribution in [-0.4, -0.2) is 36.5 Å². The molecule has 0 saturated carbocycles. The van der Waals surface area contributed by atoms with Gasteiger partial charge in [-0.1, -0.05) is 17.7 Å². The van der Waals surface area contributed by atoms with Crippen LogP contribution in [-0.2, 0) is 4.79 Å². The number of hydrogen-bond acceptors (Lipinski definition) is 3. The molecule has 0 aliphatic carbocycles. The molecule has 2 atom stereocenters. The van der Waals surface area contributed by atoms with E-state index in [2.05, 4.69) is 4.90 Å². The molecule has 1 aromatic rings. The van der Waals surface area contributed by atoms with Crippen molar-refractivity contribution in [3.63, 3.8) is 0 Å². The van der Waals surface area contributed by atoms with E-state index in [1.807, 2.05) is 30.0 Å². The van der Waals surface area contributed by atoms with Gasteiger partial charge in [-0.25, -0.2) is 0 Å². The third-order valence-electron chi connectivity index (χ3n) is 4.33. The van der Waals surface area contributed by atoms with Crippen LogP contribution in [0.1, 0.15) is 31.4 Å². The normalized spacial score (nSPS) is 23.9. The maximum atomic E-state index is 11.7. The average Bonchev–Trinajstić information content (AvgIpc) is 2.79. The highest BCUT2D eigenvalue weighted by atomic mass is 35.5. The molecule has 2 aliphatic heterocycles. The van der Waals surface area contributed by atoms with Crippen molar-refractivity contribution in [2.45, 2.75) is 31.8 Å². The summed E-state index contributed by atoms with van der Waals surface area (Å²) in [6, 6.07) is 6.38. The first-order chi connectivity index (χ1) is 9.56. The predicted molar refractivity (Wildman–Crippen MR) is 81.0 cm³/mol. The molecule has 3 rings (SSSR count). The van der Waals surface area contributed by atoms with Crippen LogP contribution >= 0.6 is 11.6 Å². The average molecular weight is 294 g/mol. The summed E-state index contributed by atoms with van der Waals surface area (Å²) in [5.74, 6) is 0.299. The molecule has 0 aromatic heterocycles. The molecule has 108 valence electrons. The predicted octanol–water partition coefficient (Wildman–Crippen LogP) is 2.17. The van der Waals surface area contributed by atoms with E-state index in [4.69, 9.17) is 17.3 Å². The van der Waals surface area contributed by atoms with E-state index in [1.54, 1.807) is 0 Å². The molecule has 2 heterocycles. The monoisotopic (exact) mass is 293 g/mol. The number of carbonyl (C=O) groups excluding carboxylic acids is 1. The van der Waals surface area contributed by atoms with Gasteiger partial charge in [-0.05, 0) is 31.0 Å². The van der Waals surface area contributed by atoms with Crippen LogP contribution in [0.15, 0.2) is 18.2 Å². The summed E-state index contributed by atoms with van der Waals surface area (Å²) < 4.78 is 0. The standard InChI is InChI=1S/C15H20ClN3O/c1-10(17)11-2-4-14(13(16)8-11)18-6-7-19-12(9-18)3-5-15(19)20/h2,4,8,10,12H,3,5-7,9,17H2,1H3/t10-,12?/m1/s1. The summed E-state index contributed by atoms with van der Waals surface area (Å²) in [6.45, 7) is 4.48. The Labute approximate surface area is 124 Å². The first-order valence-electron chi connectivity index (χ1n) is 7.15. The van der Waals surface area contributed by atoms with Crippen molar-refractivity contribution in [2.24, 2.45) is 5.73 Å². The number of anilines is 1. The summed E-state index contributed by atoms with van der Waals surface area (Å²) in [5, 5.41) is 0.748. The summed E-state index contributed by atoms with van der Waals surface area (Å²) >= 11 is 6.40.